The number of hydrogen-bond acceptors (Lipinski definition) is 4. The highest BCUT2D eigenvalue weighted by atomic mass is 16.5. The van der Waals surface area contributed by atoms with E-state index in [9.17, 15) is 9.59 Å². The second-order valence-electron chi connectivity index (χ2n) is 2.43. The molecule has 1 aromatic rings. The number of rotatable bonds is 4. The molecular formula is C7H10N4O3. The average Bonchev–Trinajstić information content (AvgIpc) is 2.49. The van der Waals surface area contributed by atoms with Crippen LogP contribution in [0.25, 0.3) is 0 Å². The van der Waals surface area contributed by atoms with E-state index in [1.165, 1.54) is 0 Å². The van der Waals surface area contributed by atoms with E-state index in [-0.39, 0.29) is 17.4 Å². The Morgan fingerprint density at radius 1 is 1.43 bits per heavy atom. The SMILES string of the molecule is CCOc1nc(C(N)=O)c(C(N)=O)[nH]1. The van der Waals surface area contributed by atoms with Gasteiger partial charge in [0.2, 0.25) is 0 Å². The predicted molar refractivity (Wildman–Crippen MR) is 46.8 cm³/mol. The number of imidazole rings is 1. The van der Waals surface area contributed by atoms with Crippen LogP contribution in [-0.2, 0) is 0 Å². The van der Waals surface area contributed by atoms with Crippen molar-refractivity contribution in [2.24, 2.45) is 11.5 Å². The number of aromatic amines is 1. The van der Waals surface area contributed by atoms with Gasteiger partial charge in [-0.15, -0.1) is 0 Å². The molecule has 1 aromatic heterocycles. The van der Waals surface area contributed by atoms with Gasteiger partial charge in [-0.05, 0) is 6.92 Å². The highest BCUT2D eigenvalue weighted by Crippen LogP contribution is 2.10. The molecule has 14 heavy (non-hydrogen) atoms. The van der Waals surface area contributed by atoms with Crippen molar-refractivity contribution in [3.05, 3.63) is 11.4 Å². The third kappa shape index (κ3) is 1.82. The number of carbonyl (C=O) groups is 2. The van der Waals surface area contributed by atoms with E-state index in [2.05, 4.69) is 9.97 Å². The number of hydrogen-bond donors (Lipinski definition) is 3. The van der Waals surface area contributed by atoms with Crippen LogP contribution < -0.4 is 16.2 Å². The maximum Gasteiger partial charge on any atom is 0.294 e. The summed E-state index contributed by atoms with van der Waals surface area (Å²) in [6.45, 7) is 2.08. The lowest BCUT2D eigenvalue weighted by Gasteiger charge is -1.93. The predicted octanol–water partition coefficient (Wildman–Crippen LogP) is -0.994. The van der Waals surface area contributed by atoms with Crippen molar-refractivity contribution in [2.45, 2.75) is 6.92 Å². The summed E-state index contributed by atoms with van der Waals surface area (Å²) < 4.78 is 4.95. The van der Waals surface area contributed by atoms with Crippen molar-refractivity contribution in [1.82, 2.24) is 9.97 Å². The van der Waals surface area contributed by atoms with Crippen LogP contribution in [0.2, 0.25) is 0 Å². The Labute approximate surface area is 79.4 Å². The minimum atomic E-state index is -0.832. The second kappa shape index (κ2) is 3.77. The van der Waals surface area contributed by atoms with Gasteiger partial charge in [0.1, 0.15) is 5.69 Å². The Balaban J connectivity index is 3.12. The summed E-state index contributed by atoms with van der Waals surface area (Å²) in [6, 6.07) is 0.0510. The first-order valence-electron chi connectivity index (χ1n) is 3.88. The van der Waals surface area contributed by atoms with E-state index in [0.717, 1.165) is 0 Å². The lowest BCUT2D eigenvalue weighted by molar-refractivity contribution is 0.0962. The third-order valence-corrected chi connectivity index (χ3v) is 1.44. The first-order valence-corrected chi connectivity index (χ1v) is 3.88. The number of primary amides is 2. The first kappa shape index (κ1) is 10.0. The fourth-order valence-corrected chi connectivity index (χ4v) is 0.913. The molecule has 0 spiro atoms. The highest BCUT2D eigenvalue weighted by Gasteiger charge is 2.19. The highest BCUT2D eigenvalue weighted by molar-refractivity contribution is 6.03. The molecule has 76 valence electrons. The van der Waals surface area contributed by atoms with E-state index in [0.29, 0.717) is 6.61 Å². The van der Waals surface area contributed by atoms with Crippen molar-refractivity contribution in [1.29, 1.82) is 0 Å². The molecule has 0 bridgehead atoms. The molecule has 0 aromatic carbocycles. The molecule has 0 aliphatic heterocycles. The number of nitrogens with zero attached hydrogens (tertiary/aromatic N) is 1. The Morgan fingerprint density at radius 2 is 2.07 bits per heavy atom. The molecule has 7 heteroatoms. The van der Waals surface area contributed by atoms with Crippen LogP contribution in [0.4, 0.5) is 0 Å². The lowest BCUT2D eigenvalue weighted by atomic mass is 10.3. The Kier molecular flexibility index (Phi) is 2.70. The third-order valence-electron chi connectivity index (χ3n) is 1.44. The van der Waals surface area contributed by atoms with Crippen LogP contribution >= 0.6 is 0 Å². The van der Waals surface area contributed by atoms with Gasteiger partial charge in [-0.3, -0.25) is 9.59 Å². The summed E-state index contributed by atoms with van der Waals surface area (Å²) in [5.74, 6) is -1.64. The van der Waals surface area contributed by atoms with E-state index in [1.807, 2.05) is 0 Å². The minimum Gasteiger partial charge on any atom is -0.465 e. The molecule has 1 heterocycles. The van der Waals surface area contributed by atoms with Crippen LogP contribution in [0, 0.1) is 0 Å². The molecule has 0 saturated carbocycles. The van der Waals surface area contributed by atoms with E-state index in [4.69, 9.17) is 16.2 Å². The molecular weight excluding hydrogens is 188 g/mol. The molecule has 0 fully saturated rings. The van der Waals surface area contributed by atoms with Crippen molar-refractivity contribution in [2.75, 3.05) is 6.61 Å². The van der Waals surface area contributed by atoms with Crippen molar-refractivity contribution < 1.29 is 14.3 Å². The molecule has 2 amide bonds. The van der Waals surface area contributed by atoms with Crippen molar-refractivity contribution in [3.8, 4) is 6.01 Å². The summed E-state index contributed by atoms with van der Waals surface area (Å²) in [5.41, 5.74) is 9.62. The number of ether oxygens (including phenoxy) is 1. The number of nitrogens with two attached hydrogens (primary N) is 2. The molecule has 5 N–H and O–H groups in total. The topological polar surface area (TPSA) is 124 Å². The largest absolute Gasteiger partial charge is 0.465 e. The van der Waals surface area contributed by atoms with Crippen LogP contribution in [0.15, 0.2) is 0 Å². The average molecular weight is 198 g/mol. The van der Waals surface area contributed by atoms with Crippen molar-refractivity contribution >= 4 is 11.8 Å². The molecule has 0 radical (unpaired) electrons. The summed E-state index contributed by atoms with van der Waals surface area (Å²) in [7, 11) is 0. The summed E-state index contributed by atoms with van der Waals surface area (Å²) in [4.78, 5) is 27.8. The molecule has 0 saturated heterocycles. The maximum atomic E-state index is 10.8. The zero-order chi connectivity index (χ0) is 10.7. The molecule has 0 unspecified atom stereocenters. The van der Waals surface area contributed by atoms with Gasteiger partial charge in [0.15, 0.2) is 5.69 Å². The van der Waals surface area contributed by atoms with Gasteiger partial charge >= 0.3 is 0 Å². The molecule has 0 aliphatic carbocycles. The Hall–Kier alpha value is -2.05. The van der Waals surface area contributed by atoms with Crippen LogP contribution in [-0.4, -0.2) is 28.4 Å². The number of nitrogens with one attached hydrogen (secondary N) is 1. The molecule has 1 rings (SSSR count). The van der Waals surface area contributed by atoms with Gasteiger partial charge in [-0.1, -0.05) is 0 Å². The van der Waals surface area contributed by atoms with Gasteiger partial charge in [0, 0.05) is 0 Å². The normalized spacial score (nSPS) is 9.79. The summed E-state index contributed by atoms with van der Waals surface area (Å²) in [5, 5.41) is 0. The van der Waals surface area contributed by atoms with Crippen LogP contribution in [0.3, 0.4) is 0 Å². The number of carbonyl (C=O) groups excluding carboxylic acids is 2. The van der Waals surface area contributed by atoms with Gasteiger partial charge in [-0.25, -0.2) is 0 Å². The Morgan fingerprint density at radius 3 is 2.43 bits per heavy atom. The monoisotopic (exact) mass is 198 g/mol. The number of aromatic nitrogens is 2. The van der Waals surface area contributed by atoms with E-state index < -0.39 is 11.8 Å². The van der Waals surface area contributed by atoms with Gasteiger partial charge in [-0.2, -0.15) is 4.98 Å². The minimum absolute atomic E-state index is 0.0510. The van der Waals surface area contributed by atoms with Gasteiger partial charge in [0.05, 0.1) is 6.61 Å². The van der Waals surface area contributed by atoms with Crippen LogP contribution in [0.5, 0.6) is 6.01 Å². The number of amides is 2. The molecule has 7 nitrogen and oxygen atoms in total. The van der Waals surface area contributed by atoms with E-state index >= 15 is 0 Å². The van der Waals surface area contributed by atoms with Gasteiger partial charge in [0.25, 0.3) is 17.8 Å². The summed E-state index contributed by atoms with van der Waals surface area (Å²) in [6.07, 6.45) is 0. The molecule has 0 atom stereocenters. The Bertz CT molecular complexity index is 340. The maximum absolute atomic E-state index is 10.8. The lowest BCUT2D eigenvalue weighted by Crippen LogP contribution is -2.20. The smallest absolute Gasteiger partial charge is 0.294 e. The van der Waals surface area contributed by atoms with Gasteiger partial charge < -0.3 is 21.2 Å². The zero-order valence-electron chi connectivity index (χ0n) is 7.53. The van der Waals surface area contributed by atoms with Crippen molar-refractivity contribution in [3.63, 3.8) is 0 Å². The zero-order valence-corrected chi connectivity index (χ0v) is 7.53. The fraction of sp³-hybridized carbons (Fsp3) is 0.286. The standard InChI is InChI=1S/C7H10N4O3/c1-2-14-7-10-3(5(8)12)4(11-7)6(9)13/h2H2,1H3,(H2,8,12)(H2,9,13)(H,10,11). The second-order valence-corrected chi connectivity index (χ2v) is 2.43. The molecule has 0 aliphatic rings. The number of H-pyrrole nitrogens is 1. The summed E-state index contributed by atoms with van der Waals surface area (Å²) >= 11 is 0. The quantitative estimate of drug-likeness (QED) is 0.574. The van der Waals surface area contributed by atoms with E-state index in [1.54, 1.807) is 6.92 Å². The van der Waals surface area contributed by atoms with Crippen LogP contribution in [0.1, 0.15) is 27.9 Å². The fourth-order valence-electron chi connectivity index (χ4n) is 0.913. The first-order chi connectivity index (χ1) is 6.56.